The lowest BCUT2D eigenvalue weighted by molar-refractivity contribution is -0.185. The third-order valence-corrected chi connectivity index (χ3v) is 6.29. The van der Waals surface area contributed by atoms with Gasteiger partial charge in [-0.2, -0.15) is 0 Å². The molecule has 26 heavy (non-hydrogen) atoms. The number of hydrogen-bond donors (Lipinski definition) is 1. The number of benzene rings is 1. The van der Waals surface area contributed by atoms with Gasteiger partial charge in [-0.25, -0.2) is 0 Å². The molecule has 1 saturated heterocycles. The van der Waals surface area contributed by atoms with Crippen molar-refractivity contribution in [2.75, 3.05) is 33.9 Å². The van der Waals surface area contributed by atoms with Crippen LogP contribution in [-0.2, 0) is 20.7 Å². The second-order valence-electron chi connectivity index (χ2n) is 7.39. The zero-order chi connectivity index (χ0) is 18.8. The van der Waals surface area contributed by atoms with Gasteiger partial charge >= 0.3 is 0 Å². The van der Waals surface area contributed by atoms with Crippen LogP contribution in [0.4, 0.5) is 0 Å². The van der Waals surface area contributed by atoms with E-state index >= 15 is 0 Å². The predicted octanol–water partition coefficient (Wildman–Crippen LogP) is 3.27. The number of hydrogen-bond acceptors (Lipinski definition) is 5. The van der Waals surface area contributed by atoms with E-state index in [-0.39, 0.29) is 5.54 Å². The van der Waals surface area contributed by atoms with Gasteiger partial charge in [-0.05, 0) is 44.6 Å². The van der Waals surface area contributed by atoms with Crippen molar-refractivity contribution >= 4 is 29.0 Å². The SMILES string of the molecule is CN(C)C1(CNC2(Cc3ccc(Cl)c(Cl)c3)OCCO2)CCC(=O)CC1. The minimum absolute atomic E-state index is 0.0755. The maximum atomic E-state index is 11.7. The maximum Gasteiger partial charge on any atom is 0.231 e. The van der Waals surface area contributed by atoms with Crippen LogP contribution in [0.5, 0.6) is 0 Å². The highest BCUT2D eigenvalue weighted by Gasteiger charge is 2.42. The fraction of sp³-hybridized carbons (Fsp3) is 0.632. The van der Waals surface area contributed by atoms with Crippen molar-refractivity contribution in [2.24, 2.45) is 0 Å². The molecule has 144 valence electrons. The first-order valence-corrected chi connectivity index (χ1v) is 9.76. The topological polar surface area (TPSA) is 50.8 Å². The van der Waals surface area contributed by atoms with E-state index in [9.17, 15) is 4.79 Å². The average molecular weight is 401 g/mol. The van der Waals surface area contributed by atoms with E-state index in [4.69, 9.17) is 32.7 Å². The van der Waals surface area contributed by atoms with Crippen molar-refractivity contribution in [2.45, 2.75) is 43.6 Å². The molecule has 0 amide bonds. The molecule has 0 unspecified atom stereocenters. The van der Waals surface area contributed by atoms with Crippen molar-refractivity contribution in [1.29, 1.82) is 0 Å². The van der Waals surface area contributed by atoms with E-state index in [1.807, 2.05) is 12.1 Å². The molecule has 0 aromatic heterocycles. The standard InChI is InChI=1S/C19H26Cl2N2O3/c1-23(2)18(7-5-15(24)6-8-18)13-22-19(25-9-10-26-19)12-14-3-4-16(20)17(21)11-14/h3-4,11,22H,5-10,12-13H2,1-2H3. The Hall–Kier alpha value is -0.690. The molecule has 1 aliphatic heterocycles. The van der Waals surface area contributed by atoms with Gasteiger partial charge in [-0.3, -0.25) is 10.1 Å². The van der Waals surface area contributed by atoms with E-state index in [0.717, 1.165) is 18.4 Å². The van der Waals surface area contributed by atoms with Crippen LogP contribution in [0.3, 0.4) is 0 Å². The summed E-state index contributed by atoms with van der Waals surface area (Å²) in [6.45, 7) is 1.78. The van der Waals surface area contributed by atoms with Crippen LogP contribution in [-0.4, -0.2) is 56.0 Å². The van der Waals surface area contributed by atoms with Crippen molar-refractivity contribution in [3.8, 4) is 0 Å². The minimum atomic E-state index is -0.873. The molecule has 2 aliphatic rings. The summed E-state index contributed by atoms with van der Waals surface area (Å²) in [4.78, 5) is 13.9. The van der Waals surface area contributed by atoms with Gasteiger partial charge in [0, 0.05) is 31.3 Å². The normalized spacial score (nSPS) is 22.1. The van der Waals surface area contributed by atoms with Crippen LogP contribution < -0.4 is 5.32 Å². The summed E-state index contributed by atoms with van der Waals surface area (Å²) >= 11 is 12.2. The summed E-state index contributed by atoms with van der Waals surface area (Å²) in [5.41, 5.74) is 0.917. The number of rotatable bonds is 6. The lowest BCUT2D eigenvalue weighted by atomic mass is 9.80. The first-order chi connectivity index (χ1) is 12.3. The third kappa shape index (κ3) is 4.41. The van der Waals surface area contributed by atoms with Crippen molar-refractivity contribution in [3.63, 3.8) is 0 Å². The lowest BCUT2D eigenvalue weighted by Gasteiger charge is -2.44. The number of Topliss-reactive ketones (excluding diaryl/α,β-unsaturated/α-hetero) is 1. The third-order valence-electron chi connectivity index (χ3n) is 5.55. The van der Waals surface area contributed by atoms with Crippen LogP contribution in [0.2, 0.25) is 10.0 Å². The Bertz CT molecular complexity index is 650. The number of carbonyl (C=O) groups is 1. The van der Waals surface area contributed by atoms with Crippen LogP contribution in [0.25, 0.3) is 0 Å². The highest BCUT2D eigenvalue weighted by Crippen LogP contribution is 2.32. The summed E-state index contributed by atoms with van der Waals surface area (Å²) in [6.07, 6.45) is 3.47. The van der Waals surface area contributed by atoms with Crippen molar-refractivity contribution < 1.29 is 14.3 Å². The fourth-order valence-electron chi connectivity index (χ4n) is 3.72. The minimum Gasteiger partial charge on any atom is -0.335 e. The van der Waals surface area contributed by atoms with E-state index < -0.39 is 5.91 Å². The Morgan fingerprint density at radius 1 is 1.12 bits per heavy atom. The number of halogens is 2. The predicted molar refractivity (Wildman–Crippen MR) is 103 cm³/mol. The second kappa shape index (κ2) is 8.13. The van der Waals surface area contributed by atoms with Crippen LogP contribution in [0.1, 0.15) is 31.2 Å². The molecular formula is C19H26Cl2N2O3. The van der Waals surface area contributed by atoms with Gasteiger partial charge in [0.05, 0.1) is 23.3 Å². The fourth-order valence-corrected chi connectivity index (χ4v) is 4.04. The summed E-state index contributed by atoms with van der Waals surface area (Å²) in [6, 6.07) is 5.57. The summed E-state index contributed by atoms with van der Waals surface area (Å²) in [7, 11) is 4.14. The summed E-state index contributed by atoms with van der Waals surface area (Å²) in [5, 5.41) is 4.56. The van der Waals surface area contributed by atoms with Gasteiger partial charge in [-0.1, -0.05) is 29.3 Å². The molecular weight excluding hydrogens is 375 g/mol. The molecule has 2 fully saturated rings. The van der Waals surface area contributed by atoms with Gasteiger partial charge in [0.2, 0.25) is 5.91 Å². The molecule has 1 aromatic carbocycles. The van der Waals surface area contributed by atoms with Crippen molar-refractivity contribution in [3.05, 3.63) is 33.8 Å². The van der Waals surface area contributed by atoms with Gasteiger partial charge in [0.1, 0.15) is 5.78 Å². The molecule has 0 radical (unpaired) electrons. The molecule has 1 aromatic rings. The number of nitrogens with one attached hydrogen (secondary N) is 1. The zero-order valence-electron chi connectivity index (χ0n) is 15.3. The maximum absolute atomic E-state index is 11.7. The Labute approximate surface area is 164 Å². The van der Waals surface area contributed by atoms with Gasteiger partial charge < -0.3 is 14.4 Å². The van der Waals surface area contributed by atoms with E-state index in [1.165, 1.54) is 0 Å². The highest BCUT2D eigenvalue weighted by atomic mass is 35.5. The number of likely N-dealkylation sites (N-methyl/N-ethyl adjacent to an activating group) is 1. The number of ether oxygens (including phenoxy) is 2. The molecule has 1 aliphatic carbocycles. The highest BCUT2D eigenvalue weighted by molar-refractivity contribution is 6.42. The second-order valence-corrected chi connectivity index (χ2v) is 8.20. The Morgan fingerprint density at radius 3 is 2.35 bits per heavy atom. The van der Waals surface area contributed by atoms with Gasteiger partial charge in [0.15, 0.2) is 0 Å². The van der Waals surface area contributed by atoms with Gasteiger partial charge in [0.25, 0.3) is 0 Å². The summed E-state index contributed by atoms with van der Waals surface area (Å²) < 4.78 is 11.9. The Morgan fingerprint density at radius 2 is 1.77 bits per heavy atom. The number of carbonyl (C=O) groups excluding carboxylic acids is 1. The Kier molecular flexibility index (Phi) is 6.27. The molecule has 0 spiro atoms. The molecule has 0 bridgehead atoms. The van der Waals surface area contributed by atoms with E-state index in [0.29, 0.717) is 54.8 Å². The first kappa shape index (κ1) is 20.1. The van der Waals surface area contributed by atoms with E-state index in [2.05, 4.69) is 24.3 Å². The largest absolute Gasteiger partial charge is 0.335 e. The average Bonchev–Trinajstić information content (AvgIpc) is 3.07. The quantitative estimate of drug-likeness (QED) is 0.793. The molecule has 0 atom stereocenters. The lowest BCUT2D eigenvalue weighted by Crippen LogP contribution is -2.59. The summed E-state index contributed by atoms with van der Waals surface area (Å²) in [5.74, 6) is -0.525. The number of nitrogens with zero attached hydrogens (tertiary/aromatic N) is 1. The molecule has 1 N–H and O–H groups in total. The number of ketones is 1. The molecule has 5 nitrogen and oxygen atoms in total. The van der Waals surface area contributed by atoms with Crippen LogP contribution >= 0.6 is 23.2 Å². The molecule has 7 heteroatoms. The molecule has 1 saturated carbocycles. The molecule has 3 rings (SSSR count). The smallest absolute Gasteiger partial charge is 0.231 e. The molecule has 1 heterocycles. The van der Waals surface area contributed by atoms with Crippen LogP contribution in [0.15, 0.2) is 18.2 Å². The first-order valence-electron chi connectivity index (χ1n) is 9.00. The van der Waals surface area contributed by atoms with Crippen LogP contribution in [0, 0.1) is 0 Å². The van der Waals surface area contributed by atoms with Gasteiger partial charge in [-0.15, -0.1) is 0 Å². The van der Waals surface area contributed by atoms with E-state index in [1.54, 1.807) is 6.07 Å². The zero-order valence-corrected chi connectivity index (χ0v) is 16.8. The monoisotopic (exact) mass is 400 g/mol. The Balaban J connectivity index is 1.73. The van der Waals surface area contributed by atoms with Crippen molar-refractivity contribution in [1.82, 2.24) is 10.2 Å².